The van der Waals surface area contributed by atoms with Gasteiger partial charge in [-0.1, -0.05) is 144 Å². The minimum absolute atomic E-state index is 0.138. The maximum Gasteiger partial charge on any atom is 0.472 e. The van der Waals surface area contributed by atoms with Gasteiger partial charge in [0.1, 0.15) is 12.7 Å². The molecule has 55 heavy (non-hydrogen) atoms. The summed E-state index contributed by atoms with van der Waals surface area (Å²) in [5, 5.41) is 21.7. The number of aliphatic hydroxyl groups excluding tert-OH is 1. The van der Waals surface area contributed by atoms with E-state index in [9.17, 15) is 34.1 Å². The Morgan fingerprint density at radius 2 is 1.05 bits per heavy atom. The first kappa shape index (κ1) is 51.7. The fraction of sp³-hybridized carbons (Fsp3) is 0.605. The minimum Gasteiger partial charge on any atom is -0.480 e. The van der Waals surface area contributed by atoms with Gasteiger partial charge in [-0.15, -0.1) is 0 Å². The SMILES string of the molecule is CC/C=C\C/C=C\C/C=C\C/C=C\C/C=C\C/C=C\C/C=C\CCCC(=O)OCC(O)COP(=O)(O)OCC(NC(=O)CCCCCCCCCC)C(=O)O. The normalized spacial score (nSPS) is 14.7. The highest BCUT2D eigenvalue weighted by Gasteiger charge is 2.28. The van der Waals surface area contributed by atoms with Gasteiger partial charge in [-0.05, 0) is 64.2 Å². The van der Waals surface area contributed by atoms with Crippen molar-refractivity contribution in [2.24, 2.45) is 0 Å². The van der Waals surface area contributed by atoms with Crippen molar-refractivity contribution in [1.29, 1.82) is 0 Å². The number of carbonyl (C=O) groups excluding carboxylic acids is 2. The smallest absolute Gasteiger partial charge is 0.472 e. The number of esters is 1. The van der Waals surface area contributed by atoms with Crippen LogP contribution in [-0.4, -0.2) is 64.9 Å². The average molecular weight is 792 g/mol. The standard InChI is InChI=1S/C43H70NO10P/c1-3-5-7-9-11-13-14-15-16-17-18-19-20-21-22-23-24-25-26-27-29-31-33-35-42(47)52-36-39(45)37-53-55(50,51)54-38-40(43(48)49)44-41(46)34-32-30-28-12-10-8-6-4-2/h5,7,11,13,15-16,18-19,21-22,24-25,27,29,39-40,45H,3-4,6,8-10,12,14,17,20,23,26,28,30-38H2,1-2H3,(H,44,46)(H,48,49)(H,50,51)/b7-5-,13-11-,16-15-,19-18-,22-21-,25-24-,29-27-. The topological polar surface area (TPSA) is 169 Å². The highest BCUT2D eigenvalue weighted by molar-refractivity contribution is 7.47. The number of aliphatic hydroxyl groups is 1. The molecule has 0 aromatic carbocycles. The zero-order chi connectivity index (χ0) is 40.7. The molecule has 3 atom stereocenters. The van der Waals surface area contributed by atoms with Crippen molar-refractivity contribution in [2.45, 2.75) is 148 Å². The molecule has 0 aromatic rings. The lowest BCUT2D eigenvalue weighted by Crippen LogP contribution is -2.43. The van der Waals surface area contributed by atoms with E-state index in [2.05, 4.69) is 92.1 Å². The number of hydrogen-bond donors (Lipinski definition) is 4. The average Bonchev–Trinajstić information content (AvgIpc) is 3.16. The van der Waals surface area contributed by atoms with Crippen molar-refractivity contribution in [2.75, 3.05) is 19.8 Å². The molecule has 0 bridgehead atoms. The van der Waals surface area contributed by atoms with Gasteiger partial charge in [-0.25, -0.2) is 9.36 Å². The lowest BCUT2D eigenvalue weighted by molar-refractivity contribution is -0.147. The molecule has 0 heterocycles. The number of unbranched alkanes of at least 4 members (excludes halogenated alkanes) is 8. The predicted molar refractivity (Wildman–Crippen MR) is 221 cm³/mol. The first-order valence-corrected chi connectivity index (χ1v) is 21.6. The number of carboxylic acid groups (broad SMARTS) is 1. The van der Waals surface area contributed by atoms with Gasteiger partial charge in [0.2, 0.25) is 5.91 Å². The number of aliphatic carboxylic acids is 1. The molecule has 0 aromatic heterocycles. The summed E-state index contributed by atoms with van der Waals surface area (Å²) in [6, 6.07) is -1.55. The van der Waals surface area contributed by atoms with E-state index in [1.807, 2.05) is 12.2 Å². The molecule has 312 valence electrons. The summed E-state index contributed by atoms with van der Waals surface area (Å²) in [6.07, 6.45) is 45.0. The Kier molecular flexibility index (Phi) is 35.3. The quantitative estimate of drug-likeness (QED) is 0.0207. The Hall–Kier alpha value is -3.34. The van der Waals surface area contributed by atoms with Crippen LogP contribution in [0.25, 0.3) is 0 Å². The fourth-order valence-electron chi connectivity index (χ4n) is 4.83. The van der Waals surface area contributed by atoms with Gasteiger partial charge in [-0.2, -0.15) is 0 Å². The zero-order valence-electron chi connectivity index (χ0n) is 33.4. The molecule has 0 fully saturated rings. The molecular formula is C43H70NO10P. The highest BCUT2D eigenvalue weighted by Crippen LogP contribution is 2.43. The van der Waals surface area contributed by atoms with Crippen LogP contribution >= 0.6 is 7.82 Å². The Morgan fingerprint density at radius 1 is 0.600 bits per heavy atom. The maximum atomic E-state index is 12.2. The number of carboxylic acids is 1. The number of amides is 1. The number of allylic oxidation sites excluding steroid dienone is 14. The molecule has 0 aliphatic rings. The lowest BCUT2D eigenvalue weighted by atomic mass is 10.1. The second-order valence-electron chi connectivity index (χ2n) is 13.1. The van der Waals surface area contributed by atoms with Crippen LogP contribution in [0.3, 0.4) is 0 Å². The van der Waals surface area contributed by atoms with Gasteiger partial charge in [0.25, 0.3) is 0 Å². The third kappa shape index (κ3) is 37.4. The van der Waals surface area contributed by atoms with E-state index in [1.165, 1.54) is 19.3 Å². The van der Waals surface area contributed by atoms with E-state index in [-0.39, 0.29) is 12.8 Å². The Bertz CT molecular complexity index is 1250. The van der Waals surface area contributed by atoms with E-state index in [4.69, 9.17) is 13.8 Å². The molecule has 0 aliphatic carbocycles. The Labute approximate surface area is 331 Å². The molecule has 0 rings (SSSR count). The summed E-state index contributed by atoms with van der Waals surface area (Å²) in [5.74, 6) is -2.46. The Balaban J connectivity index is 4.00. The van der Waals surface area contributed by atoms with Crippen LogP contribution in [0.2, 0.25) is 0 Å². The van der Waals surface area contributed by atoms with Crippen LogP contribution < -0.4 is 5.32 Å². The molecule has 4 N–H and O–H groups in total. The summed E-state index contributed by atoms with van der Waals surface area (Å²) >= 11 is 0. The van der Waals surface area contributed by atoms with Crippen molar-refractivity contribution in [3.05, 3.63) is 85.1 Å². The summed E-state index contributed by atoms with van der Waals surface area (Å²) in [7, 11) is -4.76. The van der Waals surface area contributed by atoms with Gasteiger partial charge < -0.3 is 25.2 Å². The van der Waals surface area contributed by atoms with Crippen LogP contribution in [0.1, 0.15) is 136 Å². The molecule has 0 saturated carbocycles. The molecule has 1 amide bonds. The number of rotatable bonds is 36. The molecule has 11 nitrogen and oxygen atoms in total. The summed E-state index contributed by atoms with van der Waals surface area (Å²) in [5.41, 5.74) is 0. The first-order chi connectivity index (χ1) is 26.6. The predicted octanol–water partition coefficient (Wildman–Crippen LogP) is 9.94. The van der Waals surface area contributed by atoms with E-state index >= 15 is 0 Å². The largest absolute Gasteiger partial charge is 0.480 e. The summed E-state index contributed by atoms with van der Waals surface area (Å²) < 4.78 is 26.6. The molecule has 0 aliphatic heterocycles. The number of carbonyl (C=O) groups is 3. The molecule has 0 radical (unpaired) electrons. The van der Waals surface area contributed by atoms with Gasteiger partial charge in [-0.3, -0.25) is 18.6 Å². The first-order valence-electron chi connectivity index (χ1n) is 20.1. The van der Waals surface area contributed by atoms with Crippen molar-refractivity contribution in [1.82, 2.24) is 5.32 Å². The third-order valence-corrected chi connectivity index (χ3v) is 8.90. The molecule has 3 unspecified atom stereocenters. The van der Waals surface area contributed by atoms with Crippen molar-refractivity contribution in [3.8, 4) is 0 Å². The van der Waals surface area contributed by atoms with E-state index in [0.29, 0.717) is 19.3 Å². The number of nitrogens with one attached hydrogen (secondary N) is 1. The monoisotopic (exact) mass is 791 g/mol. The number of ether oxygens (including phenoxy) is 1. The number of phosphoric ester groups is 1. The molecule has 0 saturated heterocycles. The van der Waals surface area contributed by atoms with Crippen LogP contribution in [0.15, 0.2) is 85.1 Å². The zero-order valence-corrected chi connectivity index (χ0v) is 34.3. The van der Waals surface area contributed by atoms with Gasteiger partial charge in [0, 0.05) is 12.8 Å². The Morgan fingerprint density at radius 3 is 1.55 bits per heavy atom. The number of hydrogen-bond acceptors (Lipinski definition) is 8. The van der Waals surface area contributed by atoms with Gasteiger partial charge >= 0.3 is 19.8 Å². The molecular weight excluding hydrogens is 721 g/mol. The maximum absolute atomic E-state index is 12.2. The van der Waals surface area contributed by atoms with Crippen LogP contribution in [0.4, 0.5) is 0 Å². The van der Waals surface area contributed by atoms with Crippen LogP contribution in [0.5, 0.6) is 0 Å². The second-order valence-corrected chi connectivity index (χ2v) is 14.5. The van der Waals surface area contributed by atoms with Crippen molar-refractivity contribution < 1.29 is 47.8 Å². The number of phosphoric acid groups is 1. The van der Waals surface area contributed by atoms with Crippen molar-refractivity contribution >= 4 is 25.7 Å². The van der Waals surface area contributed by atoms with Crippen LogP contribution in [-0.2, 0) is 32.7 Å². The van der Waals surface area contributed by atoms with E-state index in [1.54, 1.807) is 0 Å². The lowest BCUT2D eigenvalue weighted by Gasteiger charge is -2.18. The van der Waals surface area contributed by atoms with Crippen molar-refractivity contribution in [3.63, 3.8) is 0 Å². The highest BCUT2D eigenvalue weighted by atomic mass is 31.2. The van der Waals surface area contributed by atoms with Gasteiger partial charge in [0.15, 0.2) is 6.04 Å². The summed E-state index contributed by atoms with van der Waals surface area (Å²) in [6.45, 7) is 2.33. The second kappa shape index (κ2) is 37.6. The molecule has 0 spiro atoms. The minimum atomic E-state index is -4.76. The molecule has 12 heteroatoms. The van der Waals surface area contributed by atoms with Crippen LogP contribution in [0, 0.1) is 0 Å². The van der Waals surface area contributed by atoms with E-state index < -0.39 is 57.6 Å². The van der Waals surface area contributed by atoms with Gasteiger partial charge in [0.05, 0.1) is 13.2 Å². The third-order valence-electron chi connectivity index (χ3n) is 7.95. The van der Waals surface area contributed by atoms with E-state index in [0.717, 1.165) is 70.6 Å². The fourth-order valence-corrected chi connectivity index (χ4v) is 5.60. The summed E-state index contributed by atoms with van der Waals surface area (Å²) in [4.78, 5) is 45.6.